The van der Waals surface area contributed by atoms with Gasteiger partial charge in [-0.1, -0.05) is 0 Å². The van der Waals surface area contributed by atoms with Gasteiger partial charge in [0, 0.05) is 12.6 Å². The van der Waals surface area contributed by atoms with Crippen LogP contribution in [0.2, 0.25) is 0 Å². The smallest absolute Gasteiger partial charge is 0.139 e. The third kappa shape index (κ3) is 1.51. The van der Waals surface area contributed by atoms with Gasteiger partial charge in [0.25, 0.3) is 0 Å². The largest absolute Gasteiger partial charge is 0.506 e. The van der Waals surface area contributed by atoms with E-state index in [1.807, 2.05) is 4.90 Å². The van der Waals surface area contributed by atoms with Crippen LogP contribution >= 0.6 is 0 Å². The molecule has 1 aliphatic heterocycles. The Morgan fingerprint density at radius 1 is 1.50 bits per heavy atom. The molecule has 1 aliphatic rings. The van der Waals surface area contributed by atoms with Gasteiger partial charge in [0.05, 0.1) is 25.7 Å². The fourth-order valence-electron chi connectivity index (χ4n) is 1.42. The summed E-state index contributed by atoms with van der Waals surface area (Å²) in [5, 5.41) is 9.63. The van der Waals surface area contributed by atoms with Crippen molar-refractivity contribution in [3.05, 3.63) is 18.2 Å². The molecule has 0 radical (unpaired) electrons. The van der Waals surface area contributed by atoms with Crippen molar-refractivity contribution in [2.75, 3.05) is 25.1 Å². The first kappa shape index (κ1) is 8.87. The number of aromatic hydroxyl groups is 1. The maximum Gasteiger partial charge on any atom is 0.139 e. The Morgan fingerprint density at radius 2 is 2.36 bits per heavy atom. The fraction of sp³-hybridized carbons (Fsp3) is 0.300. The first-order chi connectivity index (χ1) is 6.81. The molecule has 2 rings (SSSR count). The quantitative estimate of drug-likeness (QED) is 0.767. The van der Waals surface area contributed by atoms with Crippen LogP contribution in [0.1, 0.15) is 0 Å². The zero-order valence-electron chi connectivity index (χ0n) is 7.97. The molecular formula is C10H12N2O2. The van der Waals surface area contributed by atoms with E-state index in [2.05, 4.69) is 4.99 Å². The fourth-order valence-corrected chi connectivity index (χ4v) is 1.42. The lowest BCUT2D eigenvalue weighted by molar-refractivity contribution is 0.412. The Morgan fingerprint density at radius 3 is 3.00 bits per heavy atom. The van der Waals surface area contributed by atoms with Gasteiger partial charge in [-0.2, -0.15) is 0 Å². The van der Waals surface area contributed by atoms with E-state index < -0.39 is 0 Å². The molecular weight excluding hydrogens is 180 g/mol. The van der Waals surface area contributed by atoms with E-state index in [4.69, 9.17) is 4.74 Å². The topological polar surface area (TPSA) is 45.1 Å². The van der Waals surface area contributed by atoms with Gasteiger partial charge in [0.1, 0.15) is 11.5 Å². The second-order valence-electron chi connectivity index (χ2n) is 3.07. The lowest BCUT2D eigenvalue weighted by Crippen LogP contribution is -2.18. The van der Waals surface area contributed by atoms with E-state index in [1.165, 1.54) is 0 Å². The maximum absolute atomic E-state index is 9.63. The van der Waals surface area contributed by atoms with E-state index in [0.717, 1.165) is 24.5 Å². The van der Waals surface area contributed by atoms with Gasteiger partial charge >= 0.3 is 0 Å². The van der Waals surface area contributed by atoms with Crippen LogP contribution < -0.4 is 9.64 Å². The minimum Gasteiger partial charge on any atom is -0.506 e. The van der Waals surface area contributed by atoms with Crippen LogP contribution in [-0.2, 0) is 0 Å². The third-order valence-corrected chi connectivity index (χ3v) is 2.18. The van der Waals surface area contributed by atoms with E-state index in [0.29, 0.717) is 0 Å². The monoisotopic (exact) mass is 192 g/mol. The normalized spacial score (nSPS) is 14.8. The second-order valence-corrected chi connectivity index (χ2v) is 3.07. The van der Waals surface area contributed by atoms with Gasteiger partial charge < -0.3 is 14.7 Å². The maximum atomic E-state index is 9.63. The van der Waals surface area contributed by atoms with Crippen LogP contribution in [0.4, 0.5) is 5.69 Å². The lowest BCUT2D eigenvalue weighted by Gasteiger charge is -2.16. The number of aliphatic imine (C=N–C) groups is 1. The summed E-state index contributed by atoms with van der Waals surface area (Å²) in [5.41, 5.74) is 0.741. The molecule has 1 heterocycles. The van der Waals surface area contributed by atoms with Crippen molar-refractivity contribution < 1.29 is 9.84 Å². The molecule has 0 aliphatic carbocycles. The Hall–Kier alpha value is -1.71. The van der Waals surface area contributed by atoms with Crippen LogP contribution in [0, 0.1) is 0 Å². The first-order valence-electron chi connectivity index (χ1n) is 4.45. The molecule has 0 fully saturated rings. The summed E-state index contributed by atoms with van der Waals surface area (Å²) in [7, 11) is 1.61. The Balaban J connectivity index is 2.35. The van der Waals surface area contributed by atoms with Crippen molar-refractivity contribution in [1.29, 1.82) is 0 Å². The number of benzene rings is 1. The number of phenolic OH excluding ortho intramolecular Hbond substituents is 1. The summed E-state index contributed by atoms with van der Waals surface area (Å²) < 4.78 is 5.09. The van der Waals surface area contributed by atoms with Crippen LogP contribution in [0.15, 0.2) is 23.2 Å². The summed E-state index contributed by atoms with van der Waals surface area (Å²) in [4.78, 5) is 5.99. The molecule has 0 saturated heterocycles. The Labute approximate surface area is 82.4 Å². The van der Waals surface area contributed by atoms with Crippen molar-refractivity contribution in [2.45, 2.75) is 0 Å². The number of ether oxygens (including phenoxy) is 1. The predicted molar refractivity (Wildman–Crippen MR) is 55.4 cm³/mol. The van der Waals surface area contributed by atoms with Crippen molar-refractivity contribution in [3.63, 3.8) is 0 Å². The van der Waals surface area contributed by atoms with E-state index >= 15 is 0 Å². The van der Waals surface area contributed by atoms with Gasteiger partial charge in [-0.05, 0) is 12.1 Å². The number of methoxy groups -OCH3 is 1. The molecule has 4 heteroatoms. The SMILES string of the molecule is COc1ccc(O)c(N2C=NCC2)c1. The molecule has 1 N–H and O–H groups in total. The van der Waals surface area contributed by atoms with Crippen molar-refractivity contribution in [2.24, 2.45) is 4.99 Å². The summed E-state index contributed by atoms with van der Waals surface area (Å²) in [5.74, 6) is 0.984. The molecule has 0 aromatic heterocycles. The average Bonchev–Trinajstić information content (AvgIpc) is 2.71. The van der Waals surface area contributed by atoms with Crippen molar-refractivity contribution in [3.8, 4) is 11.5 Å². The summed E-state index contributed by atoms with van der Waals surface area (Å²) in [6.45, 7) is 1.58. The number of hydrogen-bond donors (Lipinski definition) is 1. The van der Waals surface area contributed by atoms with E-state index in [1.54, 1.807) is 31.6 Å². The zero-order chi connectivity index (χ0) is 9.97. The van der Waals surface area contributed by atoms with Gasteiger partial charge in [-0.3, -0.25) is 4.99 Å². The number of hydrogen-bond acceptors (Lipinski definition) is 4. The zero-order valence-corrected chi connectivity index (χ0v) is 7.97. The highest BCUT2D eigenvalue weighted by atomic mass is 16.5. The number of nitrogens with zero attached hydrogens (tertiary/aromatic N) is 2. The number of rotatable bonds is 2. The summed E-state index contributed by atoms with van der Waals surface area (Å²) in [6, 6.07) is 5.15. The molecule has 1 aromatic carbocycles. The standard InChI is InChI=1S/C10H12N2O2/c1-14-8-2-3-10(13)9(6-8)12-5-4-11-7-12/h2-3,6-7,13H,4-5H2,1H3. The molecule has 0 unspecified atom stereocenters. The Bertz CT molecular complexity index is 363. The van der Waals surface area contributed by atoms with Crippen LogP contribution in [0.3, 0.4) is 0 Å². The summed E-state index contributed by atoms with van der Waals surface area (Å²) in [6.07, 6.45) is 1.73. The summed E-state index contributed by atoms with van der Waals surface area (Å²) >= 11 is 0. The minimum absolute atomic E-state index is 0.249. The molecule has 4 nitrogen and oxygen atoms in total. The Kier molecular flexibility index (Phi) is 2.26. The average molecular weight is 192 g/mol. The molecule has 0 saturated carbocycles. The molecule has 1 aromatic rings. The molecule has 0 atom stereocenters. The van der Waals surface area contributed by atoms with Gasteiger partial charge in [-0.25, -0.2) is 0 Å². The third-order valence-electron chi connectivity index (χ3n) is 2.18. The highest BCUT2D eigenvalue weighted by Crippen LogP contribution is 2.31. The minimum atomic E-state index is 0.249. The van der Waals surface area contributed by atoms with E-state index in [-0.39, 0.29) is 5.75 Å². The van der Waals surface area contributed by atoms with Crippen molar-refractivity contribution >= 4 is 12.0 Å². The molecule has 0 bridgehead atoms. The number of anilines is 1. The van der Waals surface area contributed by atoms with Gasteiger partial charge in [0.15, 0.2) is 0 Å². The highest BCUT2D eigenvalue weighted by molar-refractivity contribution is 5.84. The lowest BCUT2D eigenvalue weighted by atomic mass is 10.2. The van der Waals surface area contributed by atoms with Gasteiger partial charge in [-0.15, -0.1) is 0 Å². The highest BCUT2D eigenvalue weighted by Gasteiger charge is 2.12. The van der Waals surface area contributed by atoms with E-state index in [9.17, 15) is 5.11 Å². The first-order valence-corrected chi connectivity index (χ1v) is 4.45. The predicted octanol–water partition coefficient (Wildman–Crippen LogP) is 1.25. The molecule has 0 spiro atoms. The second kappa shape index (κ2) is 3.57. The van der Waals surface area contributed by atoms with Crippen LogP contribution in [-0.4, -0.2) is 31.6 Å². The van der Waals surface area contributed by atoms with Crippen molar-refractivity contribution in [1.82, 2.24) is 0 Å². The molecule has 74 valence electrons. The molecule has 14 heavy (non-hydrogen) atoms. The van der Waals surface area contributed by atoms with Crippen LogP contribution in [0.5, 0.6) is 11.5 Å². The molecule has 0 amide bonds. The number of phenols is 1. The van der Waals surface area contributed by atoms with Crippen LogP contribution in [0.25, 0.3) is 0 Å². The van der Waals surface area contributed by atoms with Gasteiger partial charge in [0.2, 0.25) is 0 Å².